The summed E-state index contributed by atoms with van der Waals surface area (Å²) in [6, 6.07) is 11.8. The van der Waals surface area contributed by atoms with Gasteiger partial charge in [0.15, 0.2) is 5.82 Å². The van der Waals surface area contributed by atoms with Gasteiger partial charge in [-0.3, -0.25) is 9.59 Å². The molecule has 138 valence electrons. The van der Waals surface area contributed by atoms with Crippen molar-refractivity contribution in [3.05, 3.63) is 47.7 Å². The van der Waals surface area contributed by atoms with E-state index in [2.05, 4.69) is 27.9 Å². The highest BCUT2D eigenvalue weighted by Crippen LogP contribution is 2.29. The van der Waals surface area contributed by atoms with Crippen molar-refractivity contribution in [2.75, 3.05) is 11.9 Å². The first-order valence-electron chi connectivity index (χ1n) is 9.17. The topological polar surface area (TPSA) is 84.2 Å². The summed E-state index contributed by atoms with van der Waals surface area (Å²) >= 11 is 0. The van der Waals surface area contributed by atoms with Gasteiger partial charge in [-0.05, 0) is 44.6 Å². The number of amides is 2. The number of carbonyl (C=O) groups excluding carboxylic acids is 2. The molecule has 0 radical (unpaired) electrons. The number of rotatable bonds is 6. The second-order valence-electron chi connectivity index (χ2n) is 6.89. The normalized spacial score (nSPS) is 19.7. The van der Waals surface area contributed by atoms with Gasteiger partial charge in [-0.1, -0.05) is 35.5 Å². The molecular weight excluding hydrogens is 330 g/mol. The van der Waals surface area contributed by atoms with Gasteiger partial charge in [0, 0.05) is 24.4 Å². The molecule has 2 amide bonds. The number of nitrogens with one attached hydrogen (secondary N) is 2. The zero-order chi connectivity index (χ0) is 18.4. The molecule has 6 nitrogen and oxygen atoms in total. The number of nitrogens with zero attached hydrogens (tertiary/aromatic N) is 1. The summed E-state index contributed by atoms with van der Waals surface area (Å²) in [4.78, 5) is 24.6. The van der Waals surface area contributed by atoms with Crippen molar-refractivity contribution >= 4 is 17.6 Å². The van der Waals surface area contributed by atoms with Gasteiger partial charge >= 0.3 is 0 Å². The molecule has 2 aromatic rings. The van der Waals surface area contributed by atoms with Crippen LogP contribution in [0.4, 0.5) is 5.82 Å². The number of hydrogen-bond acceptors (Lipinski definition) is 4. The maximum atomic E-state index is 12.3. The van der Waals surface area contributed by atoms with E-state index in [9.17, 15) is 9.59 Å². The Morgan fingerprint density at radius 2 is 1.73 bits per heavy atom. The summed E-state index contributed by atoms with van der Waals surface area (Å²) in [7, 11) is 0. The van der Waals surface area contributed by atoms with Gasteiger partial charge in [0.05, 0.1) is 0 Å². The van der Waals surface area contributed by atoms with E-state index < -0.39 is 0 Å². The summed E-state index contributed by atoms with van der Waals surface area (Å²) < 4.78 is 4.95. The summed E-state index contributed by atoms with van der Waals surface area (Å²) in [5.41, 5.74) is 1.22. The lowest BCUT2D eigenvalue weighted by molar-refractivity contribution is -0.128. The molecule has 0 saturated heterocycles. The lowest BCUT2D eigenvalue weighted by Gasteiger charge is -2.26. The molecule has 0 aliphatic heterocycles. The highest BCUT2D eigenvalue weighted by atomic mass is 16.5. The van der Waals surface area contributed by atoms with Crippen molar-refractivity contribution in [2.45, 2.75) is 39.0 Å². The van der Waals surface area contributed by atoms with Crippen molar-refractivity contribution in [2.24, 2.45) is 11.8 Å². The first kappa shape index (κ1) is 18.2. The predicted molar refractivity (Wildman–Crippen MR) is 98.5 cm³/mol. The van der Waals surface area contributed by atoms with Crippen LogP contribution in [-0.4, -0.2) is 23.5 Å². The fourth-order valence-electron chi connectivity index (χ4n) is 3.39. The molecule has 26 heavy (non-hydrogen) atoms. The Morgan fingerprint density at radius 1 is 1.08 bits per heavy atom. The van der Waals surface area contributed by atoms with Crippen LogP contribution in [0.1, 0.15) is 37.0 Å². The first-order valence-corrected chi connectivity index (χ1v) is 9.17. The third-order valence-corrected chi connectivity index (χ3v) is 4.90. The van der Waals surface area contributed by atoms with Crippen molar-refractivity contribution in [1.82, 2.24) is 10.5 Å². The van der Waals surface area contributed by atoms with Crippen LogP contribution in [-0.2, 0) is 16.0 Å². The molecule has 3 rings (SSSR count). The van der Waals surface area contributed by atoms with Crippen LogP contribution < -0.4 is 10.6 Å². The zero-order valence-corrected chi connectivity index (χ0v) is 15.0. The minimum absolute atomic E-state index is 0.00381. The third-order valence-electron chi connectivity index (χ3n) is 4.90. The smallest absolute Gasteiger partial charge is 0.228 e. The zero-order valence-electron chi connectivity index (χ0n) is 15.0. The molecule has 1 aromatic heterocycles. The number of benzene rings is 1. The van der Waals surface area contributed by atoms with Gasteiger partial charge in [0.25, 0.3) is 0 Å². The largest absolute Gasteiger partial charge is 0.360 e. The van der Waals surface area contributed by atoms with Gasteiger partial charge in [0.1, 0.15) is 5.76 Å². The third kappa shape index (κ3) is 4.94. The van der Waals surface area contributed by atoms with Crippen molar-refractivity contribution < 1.29 is 14.1 Å². The average molecular weight is 355 g/mol. The summed E-state index contributed by atoms with van der Waals surface area (Å²) in [5, 5.41) is 9.59. The van der Waals surface area contributed by atoms with Crippen LogP contribution in [0.25, 0.3) is 0 Å². The van der Waals surface area contributed by atoms with Gasteiger partial charge in [-0.25, -0.2) is 0 Å². The molecule has 0 unspecified atom stereocenters. The van der Waals surface area contributed by atoms with E-state index in [1.807, 2.05) is 18.2 Å². The molecule has 1 aromatic carbocycles. The Labute approximate surface area is 153 Å². The first-order chi connectivity index (χ1) is 12.6. The number of hydrogen-bond donors (Lipinski definition) is 2. The minimum Gasteiger partial charge on any atom is -0.360 e. The molecule has 1 heterocycles. The van der Waals surface area contributed by atoms with Crippen LogP contribution in [0.2, 0.25) is 0 Å². The van der Waals surface area contributed by atoms with Crippen LogP contribution in [0, 0.1) is 18.8 Å². The van der Waals surface area contributed by atoms with E-state index >= 15 is 0 Å². The second-order valence-corrected chi connectivity index (χ2v) is 6.89. The molecule has 1 saturated carbocycles. The monoisotopic (exact) mass is 355 g/mol. The maximum absolute atomic E-state index is 12.3. The van der Waals surface area contributed by atoms with E-state index in [0.29, 0.717) is 18.1 Å². The summed E-state index contributed by atoms with van der Waals surface area (Å²) in [5.74, 6) is 1.11. The second kappa shape index (κ2) is 8.65. The van der Waals surface area contributed by atoms with Gasteiger partial charge in [-0.15, -0.1) is 0 Å². The molecule has 6 heteroatoms. The SMILES string of the molecule is Cc1cc(NC(=O)C2CCC(C(=O)NCCc3ccccc3)CC2)no1. The van der Waals surface area contributed by atoms with Gasteiger partial charge in [-0.2, -0.15) is 0 Å². The molecule has 1 aliphatic rings. The maximum Gasteiger partial charge on any atom is 0.228 e. The Hall–Kier alpha value is -2.63. The van der Waals surface area contributed by atoms with Crippen molar-refractivity contribution in [1.29, 1.82) is 0 Å². The lowest BCUT2D eigenvalue weighted by Crippen LogP contribution is -2.36. The van der Waals surface area contributed by atoms with Crippen LogP contribution in [0.3, 0.4) is 0 Å². The molecule has 0 bridgehead atoms. The van der Waals surface area contributed by atoms with Crippen LogP contribution in [0.5, 0.6) is 0 Å². The molecule has 0 spiro atoms. The van der Waals surface area contributed by atoms with E-state index in [4.69, 9.17) is 4.52 Å². The number of aryl methyl sites for hydroxylation is 1. The van der Waals surface area contributed by atoms with E-state index in [1.54, 1.807) is 13.0 Å². The number of aromatic nitrogens is 1. The van der Waals surface area contributed by atoms with Gasteiger partial charge in [0.2, 0.25) is 11.8 Å². The molecule has 1 aliphatic carbocycles. The fraction of sp³-hybridized carbons (Fsp3) is 0.450. The van der Waals surface area contributed by atoms with Crippen molar-refractivity contribution in [3.8, 4) is 0 Å². The Kier molecular flexibility index (Phi) is 6.04. The quantitative estimate of drug-likeness (QED) is 0.834. The Bertz CT molecular complexity index is 734. The minimum atomic E-state index is -0.0691. The van der Waals surface area contributed by atoms with E-state index in [1.165, 1.54) is 5.56 Å². The van der Waals surface area contributed by atoms with Crippen LogP contribution >= 0.6 is 0 Å². The van der Waals surface area contributed by atoms with E-state index in [-0.39, 0.29) is 23.7 Å². The summed E-state index contributed by atoms with van der Waals surface area (Å²) in [6.45, 7) is 2.43. The van der Waals surface area contributed by atoms with Crippen LogP contribution in [0.15, 0.2) is 40.9 Å². The highest BCUT2D eigenvalue weighted by Gasteiger charge is 2.30. The molecule has 2 N–H and O–H groups in total. The standard InChI is InChI=1S/C20H25N3O3/c1-14-13-18(23-26-14)22-20(25)17-9-7-16(8-10-17)19(24)21-12-11-15-5-3-2-4-6-15/h2-6,13,16-17H,7-12H2,1H3,(H,21,24)(H,22,23,25). The number of carbonyl (C=O) groups is 2. The highest BCUT2D eigenvalue weighted by molar-refractivity contribution is 5.91. The van der Waals surface area contributed by atoms with E-state index in [0.717, 1.165) is 32.1 Å². The summed E-state index contributed by atoms with van der Waals surface area (Å²) in [6.07, 6.45) is 3.76. The Morgan fingerprint density at radius 3 is 2.35 bits per heavy atom. The lowest BCUT2D eigenvalue weighted by atomic mass is 9.81. The average Bonchev–Trinajstić information content (AvgIpc) is 3.07. The molecule has 0 atom stereocenters. The van der Waals surface area contributed by atoms with Gasteiger partial charge < -0.3 is 15.2 Å². The fourth-order valence-corrected chi connectivity index (χ4v) is 3.39. The predicted octanol–water partition coefficient (Wildman–Crippen LogP) is 3.09. The molecule has 1 fully saturated rings. The van der Waals surface area contributed by atoms with Crippen molar-refractivity contribution in [3.63, 3.8) is 0 Å². The molecular formula is C20H25N3O3. The number of anilines is 1. The Balaban J connectivity index is 1.38.